The van der Waals surface area contributed by atoms with Crippen LogP contribution in [0.1, 0.15) is 17.4 Å². The van der Waals surface area contributed by atoms with E-state index in [1.165, 1.54) is 6.07 Å². The molecule has 1 saturated heterocycles. The molecule has 5 nitrogen and oxygen atoms in total. The third-order valence-corrected chi connectivity index (χ3v) is 4.87. The molecule has 1 atom stereocenters. The van der Waals surface area contributed by atoms with E-state index in [1.54, 1.807) is 25.6 Å². The second kappa shape index (κ2) is 8.46. The minimum Gasteiger partial charge on any atom is -0.497 e. The fraction of sp³-hybridized carbons (Fsp3) is 0.273. The maximum Gasteiger partial charge on any atom is 0.127 e. The van der Waals surface area contributed by atoms with Crippen LogP contribution in [0.25, 0.3) is 11.3 Å². The van der Waals surface area contributed by atoms with Crippen molar-refractivity contribution in [2.45, 2.75) is 12.6 Å². The Bertz CT molecular complexity index is 933. The number of ether oxygens (including phenoxy) is 2. The van der Waals surface area contributed by atoms with E-state index < -0.39 is 0 Å². The van der Waals surface area contributed by atoms with Crippen molar-refractivity contribution in [3.63, 3.8) is 0 Å². The molecule has 2 aromatic carbocycles. The van der Waals surface area contributed by atoms with Gasteiger partial charge in [0, 0.05) is 30.8 Å². The van der Waals surface area contributed by atoms with E-state index in [0.29, 0.717) is 25.3 Å². The first-order valence-corrected chi connectivity index (χ1v) is 9.26. The standard InChI is InChI=1S/C22H22FN3O2/c1-27-18-8-6-16(7-9-18)20-12-24-13-21(25-20)22-15-26(10-11-28-22)14-17-4-2-3-5-19(17)23/h2-9,12-13,22H,10-11,14-15H2,1H3. The first-order chi connectivity index (χ1) is 13.7. The Morgan fingerprint density at radius 3 is 2.75 bits per heavy atom. The van der Waals surface area contributed by atoms with Gasteiger partial charge >= 0.3 is 0 Å². The summed E-state index contributed by atoms with van der Waals surface area (Å²) in [5.74, 6) is 0.624. The molecule has 1 unspecified atom stereocenters. The molecular weight excluding hydrogens is 357 g/mol. The predicted octanol–water partition coefficient (Wildman–Crippen LogP) is 3.86. The van der Waals surface area contributed by atoms with E-state index in [9.17, 15) is 4.39 Å². The molecule has 28 heavy (non-hydrogen) atoms. The van der Waals surface area contributed by atoms with E-state index in [1.807, 2.05) is 36.4 Å². The van der Waals surface area contributed by atoms with Crippen LogP contribution >= 0.6 is 0 Å². The van der Waals surface area contributed by atoms with Crippen molar-refractivity contribution in [1.82, 2.24) is 14.9 Å². The van der Waals surface area contributed by atoms with Gasteiger partial charge < -0.3 is 9.47 Å². The molecule has 0 spiro atoms. The smallest absolute Gasteiger partial charge is 0.127 e. The summed E-state index contributed by atoms with van der Waals surface area (Å²) < 4.78 is 25.1. The maximum absolute atomic E-state index is 14.0. The number of methoxy groups -OCH3 is 1. The van der Waals surface area contributed by atoms with Gasteiger partial charge in [-0.05, 0) is 30.3 Å². The van der Waals surface area contributed by atoms with Crippen LogP contribution in [0, 0.1) is 5.82 Å². The zero-order chi connectivity index (χ0) is 19.3. The summed E-state index contributed by atoms with van der Waals surface area (Å²) in [6.45, 7) is 2.54. The third kappa shape index (κ3) is 4.18. The summed E-state index contributed by atoms with van der Waals surface area (Å²) in [6, 6.07) is 14.6. The van der Waals surface area contributed by atoms with Crippen molar-refractivity contribution in [2.75, 3.05) is 26.8 Å². The van der Waals surface area contributed by atoms with Crippen LogP contribution in [0.15, 0.2) is 60.9 Å². The van der Waals surface area contributed by atoms with E-state index in [0.717, 1.165) is 29.2 Å². The zero-order valence-electron chi connectivity index (χ0n) is 15.7. The van der Waals surface area contributed by atoms with Crippen LogP contribution in [0.4, 0.5) is 4.39 Å². The van der Waals surface area contributed by atoms with Gasteiger partial charge in [0.25, 0.3) is 0 Å². The van der Waals surface area contributed by atoms with Crippen LogP contribution < -0.4 is 4.74 Å². The molecule has 0 aliphatic carbocycles. The number of morpholine rings is 1. The van der Waals surface area contributed by atoms with Crippen molar-refractivity contribution in [2.24, 2.45) is 0 Å². The van der Waals surface area contributed by atoms with E-state index in [2.05, 4.69) is 9.88 Å². The van der Waals surface area contributed by atoms with Crippen LogP contribution in [-0.4, -0.2) is 41.7 Å². The maximum atomic E-state index is 14.0. The van der Waals surface area contributed by atoms with Gasteiger partial charge in [0.1, 0.15) is 17.7 Å². The van der Waals surface area contributed by atoms with Crippen molar-refractivity contribution < 1.29 is 13.9 Å². The second-order valence-electron chi connectivity index (χ2n) is 6.74. The van der Waals surface area contributed by atoms with Crippen LogP contribution in [-0.2, 0) is 11.3 Å². The number of halogens is 1. The molecule has 0 N–H and O–H groups in total. The monoisotopic (exact) mass is 379 g/mol. The lowest BCUT2D eigenvalue weighted by atomic mass is 10.1. The van der Waals surface area contributed by atoms with Crippen LogP contribution in [0.3, 0.4) is 0 Å². The van der Waals surface area contributed by atoms with Gasteiger partial charge in [-0.25, -0.2) is 9.37 Å². The highest BCUT2D eigenvalue weighted by Crippen LogP contribution is 2.25. The third-order valence-electron chi connectivity index (χ3n) is 4.87. The summed E-state index contributed by atoms with van der Waals surface area (Å²) in [5.41, 5.74) is 3.23. The van der Waals surface area contributed by atoms with Gasteiger partial charge in [0.2, 0.25) is 0 Å². The molecule has 144 valence electrons. The minimum atomic E-state index is -0.189. The summed E-state index contributed by atoms with van der Waals surface area (Å²) >= 11 is 0. The van der Waals surface area contributed by atoms with Gasteiger partial charge in [0.05, 0.1) is 37.5 Å². The van der Waals surface area contributed by atoms with Gasteiger partial charge in [-0.1, -0.05) is 18.2 Å². The Labute approximate surface area is 163 Å². The van der Waals surface area contributed by atoms with Crippen molar-refractivity contribution in [3.05, 3.63) is 78.0 Å². The molecule has 1 aromatic heterocycles. The number of nitrogens with zero attached hydrogens (tertiary/aromatic N) is 3. The Morgan fingerprint density at radius 2 is 1.96 bits per heavy atom. The molecule has 1 aliphatic heterocycles. The average molecular weight is 379 g/mol. The van der Waals surface area contributed by atoms with Crippen LogP contribution in [0.2, 0.25) is 0 Å². The highest BCUT2D eigenvalue weighted by molar-refractivity contribution is 5.59. The SMILES string of the molecule is COc1ccc(-c2cncc(C3CN(Cc4ccccc4F)CCO3)n2)cc1. The molecule has 1 aliphatic rings. The molecule has 3 aromatic rings. The summed E-state index contributed by atoms with van der Waals surface area (Å²) in [5, 5.41) is 0. The highest BCUT2D eigenvalue weighted by atomic mass is 19.1. The van der Waals surface area contributed by atoms with Gasteiger partial charge in [-0.2, -0.15) is 0 Å². The number of benzene rings is 2. The van der Waals surface area contributed by atoms with E-state index in [-0.39, 0.29) is 11.9 Å². The fourth-order valence-electron chi connectivity index (χ4n) is 3.33. The number of hydrogen-bond donors (Lipinski definition) is 0. The largest absolute Gasteiger partial charge is 0.497 e. The Morgan fingerprint density at radius 1 is 1.14 bits per heavy atom. The zero-order valence-corrected chi connectivity index (χ0v) is 15.7. The Balaban J connectivity index is 1.49. The molecule has 0 saturated carbocycles. The Hall–Kier alpha value is -2.83. The normalized spacial score (nSPS) is 17.4. The highest BCUT2D eigenvalue weighted by Gasteiger charge is 2.24. The Kier molecular flexibility index (Phi) is 5.60. The van der Waals surface area contributed by atoms with Crippen molar-refractivity contribution in [1.29, 1.82) is 0 Å². The molecule has 0 bridgehead atoms. The van der Waals surface area contributed by atoms with Gasteiger partial charge in [-0.15, -0.1) is 0 Å². The lowest BCUT2D eigenvalue weighted by Crippen LogP contribution is -2.38. The summed E-state index contributed by atoms with van der Waals surface area (Å²) in [6.07, 6.45) is 3.29. The van der Waals surface area contributed by atoms with Crippen LogP contribution in [0.5, 0.6) is 5.75 Å². The minimum absolute atomic E-state index is 0.174. The topological polar surface area (TPSA) is 47.5 Å². The molecule has 0 radical (unpaired) electrons. The molecule has 2 heterocycles. The molecule has 6 heteroatoms. The average Bonchev–Trinajstić information content (AvgIpc) is 2.76. The molecule has 4 rings (SSSR count). The lowest BCUT2D eigenvalue weighted by Gasteiger charge is -2.32. The van der Waals surface area contributed by atoms with Gasteiger partial charge in [-0.3, -0.25) is 9.88 Å². The first-order valence-electron chi connectivity index (χ1n) is 9.26. The quantitative estimate of drug-likeness (QED) is 0.674. The lowest BCUT2D eigenvalue weighted by molar-refractivity contribution is -0.0353. The number of aromatic nitrogens is 2. The molecule has 1 fully saturated rings. The number of rotatable bonds is 5. The molecular formula is C22H22FN3O2. The van der Waals surface area contributed by atoms with Crippen molar-refractivity contribution >= 4 is 0 Å². The van der Waals surface area contributed by atoms with Gasteiger partial charge in [0.15, 0.2) is 0 Å². The first kappa shape index (κ1) is 18.5. The van der Waals surface area contributed by atoms with Crippen molar-refractivity contribution in [3.8, 4) is 17.0 Å². The fourth-order valence-corrected chi connectivity index (χ4v) is 3.33. The summed E-state index contributed by atoms with van der Waals surface area (Å²) in [7, 11) is 1.64. The van der Waals surface area contributed by atoms with E-state index in [4.69, 9.17) is 14.5 Å². The second-order valence-corrected chi connectivity index (χ2v) is 6.74. The summed E-state index contributed by atoms with van der Waals surface area (Å²) in [4.78, 5) is 11.3. The molecule has 0 amide bonds. The predicted molar refractivity (Wildman–Crippen MR) is 104 cm³/mol. The number of hydrogen-bond acceptors (Lipinski definition) is 5. The van der Waals surface area contributed by atoms with E-state index >= 15 is 0 Å².